The molecule has 0 unspecified atom stereocenters. The highest BCUT2D eigenvalue weighted by Crippen LogP contribution is 2.36. The molecule has 4 rings (SSSR count). The number of methoxy groups -OCH3 is 2. The van der Waals surface area contributed by atoms with E-state index < -0.39 is 0 Å². The molecule has 7 heteroatoms. The number of hydrogen-bond donors (Lipinski definition) is 2. The fourth-order valence-electron chi connectivity index (χ4n) is 3.80. The van der Waals surface area contributed by atoms with E-state index in [9.17, 15) is 0 Å². The first kappa shape index (κ1) is 21.2. The van der Waals surface area contributed by atoms with E-state index in [1.54, 1.807) is 20.4 Å². The molecule has 0 radical (unpaired) electrons. The van der Waals surface area contributed by atoms with E-state index in [1.807, 2.05) is 18.2 Å². The lowest BCUT2D eigenvalue weighted by Crippen LogP contribution is -2.35. The summed E-state index contributed by atoms with van der Waals surface area (Å²) in [5.41, 5.74) is 4.84. The Morgan fingerprint density at radius 1 is 1.16 bits per heavy atom. The molecule has 3 heterocycles. The van der Waals surface area contributed by atoms with Gasteiger partial charge in [-0.25, -0.2) is 4.98 Å². The third kappa shape index (κ3) is 4.67. The molecular formula is C24H27N3O4. The smallest absolute Gasteiger partial charge is 0.161 e. The first-order valence-electron chi connectivity index (χ1n) is 10.4. The van der Waals surface area contributed by atoms with Gasteiger partial charge in [-0.2, -0.15) is 0 Å². The molecule has 0 atom stereocenters. The second-order valence-electron chi connectivity index (χ2n) is 7.33. The number of benzene rings is 1. The Hall–Kier alpha value is -3.05. The normalized spacial score (nSPS) is 14.3. The summed E-state index contributed by atoms with van der Waals surface area (Å²) >= 11 is 0. The van der Waals surface area contributed by atoms with E-state index in [1.165, 1.54) is 5.56 Å². The Kier molecular flexibility index (Phi) is 6.73. The van der Waals surface area contributed by atoms with E-state index in [4.69, 9.17) is 19.3 Å². The minimum Gasteiger partial charge on any atom is -0.493 e. The Bertz CT molecular complexity index is 1110. The highest BCUT2D eigenvalue weighted by Gasteiger charge is 2.20. The lowest BCUT2D eigenvalue weighted by atomic mass is 10.0. The lowest BCUT2D eigenvalue weighted by Gasteiger charge is -2.26. The summed E-state index contributed by atoms with van der Waals surface area (Å²) in [7, 11) is 3.27. The van der Waals surface area contributed by atoms with Crippen LogP contribution in [0.4, 0.5) is 0 Å². The number of rotatable bonds is 6. The molecule has 1 aromatic carbocycles. The molecule has 1 aliphatic rings. The van der Waals surface area contributed by atoms with Crippen molar-refractivity contribution in [1.82, 2.24) is 14.9 Å². The van der Waals surface area contributed by atoms with Gasteiger partial charge in [0.1, 0.15) is 5.65 Å². The molecule has 0 aliphatic carbocycles. The number of pyridine rings is 1. The summed E-state index contributed by atoms with van der Waals surface area (Å²) in [6.45, 7) is 4.10. The van der Waals surface area contributed by atoms with Crippen molar-refractivity contribution < 1.29 is 19.3 Å². The van der Waals surface area contributed by atoms with Crippen LogP contribution in [-0.2, 0) is 11.3 Å². The molecule has 2 N–H and O–H groups in total. The van der Waals surface area contributed by atoms with Gasteiger partial charge in [0.2, 0.25) is 0 Å². The first-order chi connectivity index (χ1) is 15.2. The SMILES string of the molecule is COc1ccc(-c2[nH]c3ncc(C#CCCO)cc3c2CN2CCOCC2)cc1OC. The van der Waals surface area contributed by atoms with Crippen molar-refractivity contribution in [3.05, 3.63) is 41.6 Å². The number of aliphatic hydroxyl groups excluding tert-OH is 1. The minimum absolute atomic E-state index is 0.0541. The molecule has 2 aromatic heterocycles. The lowest BCUT2D eigenvalue weighted by molar-refractivity contribution is 0.0344. The molecule has 0 amide bonds. The Labute approximate surface area is 182 Å². The highest BCUT2D eigenvalue weighted by molar-refractivity contribution is 5.89. The number of morpholine rings is 1. The fraction of sp³-hybridized carbons (Fsp3) is 0.375. The minimum atomic E-state index is 0.0541. The van der Waals surface area contributed by atoms with Gasteiger partial charge in [-0.05, 0) is 24.3 Å². The number of nitrogens with one attached hydrogen (secondary N) is 1. The summed E-state index contributed by atoms with van der Waals surface area (Å²) in [6.07, 6.45) is 2.21. The van der Waals surface area contributed by atoms with Crippen LogP contribution in [0.3, 0.4) is 0 Å². The number of aromatic amines is 1. The van der Waals surface area contributed by atoms with Gasteiger partial charge in [-0.1, -0.05) is 11.8 Å². The van der Waals surface area contributed by atoms with Gasteiger partial charge >= 0.3 is 0 Å². The Morgan fingerprint density at radius 2 is 1.97 bits per heavy atom. The van der Waals surface area contributed by atoms with Crippen molar-refractivity contribution in [3.63, 3.8) is 0 Å². The van der Waals surface area contributed by atoms with Crippen molar-refractivity contribution in [1.29, 1.82) is 0 Å². The van der Waals surface area contributed by atoms with Gasteiger partial charge < -0.3 is 24.3 Å². The van der Waals surface area contributed by atoms with E-state index >= 15 is 0 Å². The Morgan fingerprint density at radius 3 is 2.71 bits per heavy atom. The summed E-state index contributed by atoms with van der Waals surface area (Å²) in [5, 5.41) is 10.0. The van der Waals surface area contributed by atoms with Crippen molar-refractivity contribution in [3.8, 4) is 34.6 Å². The maximum Gasteiger partial charge on any atom is 0.161 e. The number of fused-ring (bicyclic) bond motifs is 1. The largest absolute Gasteiger partial charge is 0.493 e. The average Bonchev–Trinajstić information content (AvgIpc) is 3.17. The fourth-order valence-corrected chi connectivity index (χ4v) is 3.80. The number of ether oxygens (including phenoxy) is 3. The van der Waals surface area contributed by atoms with Crippen molar-refractivity contribution in [2.75, 3.05) is 47.1 Å². The maximum absolute atomic E-state index is 8.99. The molecule has 7 nitrogen and oxygen atoms in total. The number of aliphatic hydroxyl groups is 1. The molecule has 0 spiro atoms. The van der Waals surface area contributed by atoms with E-state index in [-0.39, 0.29) is 6.61 Å². The van der Waals surface area contributed by atoms with Gasteiger partial charge in [0.25, 0.3) is 0 Å². The van der Waals surface area contributed by atoms with Gasteiger partial charge in [0, 0.05) is 54.3 Å². The summed E-state index contributed by atoms with van der Waals surface area (Å²) in [6, 6.07) is 7.99. The van der Waals surface area contributed by atoms with Crippen molar-refractivity contribution in [2.24, 2.45) is 0 Å². The van der Waals surface area contributed by atoms with E-state index in [2.05, 4.69) is 32.8 Å². The second kappa shape index (κ2) is 9.84. The van der Waals surface area contributed by atoms with Crippen LogP contribution in [0.15, 0.2) is 30.5 Å². The van der Waals surface area contributed by atoms with Gasteiger partial charge in [0.15, 0.2) is 11.5 Å². The molecule has 1 aliphatic heterocycles. The van der Waals surface area contributed by atoms with Crippen molar-refractivity contribution >= 4 is 11.0 Å². The average molecular weight is 421 g/mol. The summed E-state index contributed by atoms with van der Waals surface area (Å²) < 4.78 is 16.4. The third-order valence-corrected chi connectivity index (χ3v) is 5.39. The predicted molar refractivity (Wildman–Crippen MR) is 119 cm³/mol. The van der Waals surface area contributed by atoms with Crippen LogP contribution in [0.2, 0.25) is 0 Å². The molecule has 3 aromatic rings. The topological polar surface area (TPSA) is 79.8 Å². The zero-order valence-electron chi connectivity index (χ0n) is 17.9. The molecule has 1 fully saturated rings. The predicted octanol–water partition coefficient (Wildman–Crippen LogP) is 2.81. The Balaban J connectivity index is 1.81. The summed E-state index contributed by atoms with van der Waals surface area (Å²) in [4.78, 5) is 10.5. The van der Waals surface area contributed by atoms with E-state index in [0.29, 0.717) is 17.9 Å². The number of H-pyrrole nitrogens is 1. The van der Waals surface area contributed by atoms with Crippen LogP contribution < -0.4 is 9.47 Å². The zero-order chi connectivity index (χ0) is 21.6. The number of aromatic nitrogens is 2. The maximum atomic E-state index is 8.99. The van der Waals surface area contributed by atoms with Crippen LogP contribution >= 0.6 is 0 Å². The highest BCUT2D eigenvalue weighted by atomic mass is 16.5. The number of hydrogen-bond acceptors (Lipinski definition) is 6. The second-order valence-corrected chi connectivity index (χ2v) is 7.33. The molecule has 0 bridgehead atoms. The van der Waals surface area contributed by atoms with Crippen LogP contribution in [0.5, 0.6) is 11.5 Å². The zero-order valence-corrected chi connectivity index (χ0v) is 17.9. The van der Waals surface area contributed by atoms with Gasteiger partial charge in [0.05, 0.1) is 39.7 Å². The molecule has 162 valence electrons. The first-order valence-corrected chi connectivity index (χ1v) is 10.4. The number of nitrogens with zero attached hydrogens (tertiary/aromatic N) is 2. The van der Waals surface area contributed by atoms with Crippen LogP contribution in [-0.4, -0.2) is 67.1 Å². The van der Waals surface area contributed by atoms with Crippen LogP contribution in [0, 0.1) is 11.8 Å². The molecule has 1 saturated heterocycles. The van der Waals surface area contributed by atoms with E-state index in [0.717, 1.165) is 60.7 Å². The molecule has 0 saturated carbocycles. The monoisotopic (exact) mass is 421 g/mol. The van der Waals surface area contributed by atoms with Crippen LogP contribution in [0.25, 0.3) is 22.3 Å². The standard InChI is InChI=1S/C24H27N3O4/c1-29-21-7-6-18(14-22(21)30-2)23-20(16-27-8-11-31-12-9-27)19-13-17(5-3-4-10-28)15-25-24(19)26-23/h6-7,13-15,28H,4,8-12,16H2,1-2H3,(H,25,26). The van der Waals surface area contributed by atoms with Gasteiger partial charge in [-0.15, -0.1) is 0 Å². The van der Waals surface area contributed by atoms with Gasteiger partial charge in [-0.3, -0.25) is 4.90 Å². The third-order valence-electron chi connectivity index (χ3n) is 5.39. The molecular weight excluding hydrogens is 394 g/mol. The molecule has 31 heavy (non-hydrogen) atoms. The quantitative estimate of drug-likeness (QED) is 0.596. The summed E-state index contributed by atoms with van der Waals surface area (Å²) in [5.74, 6) is 7.44. The van der Waals surface area contributed by atoms with Crippen molar-refractivity contribution in [2.45, 2.75) is 13.0 Å². The van der Waals surface area contributed by atoms with Crippen LogP contribution in [0.1, 0.15) is 17.5 Å².